The highest BCUT2D eigenvalue weighted by atomic mass is 32.2. The summed E-state index contributed by atoms with van der Waals surface area (Å²) in [6.45, 7) is 1.45. The number of carboxylic acids is 1. The lowest BCUT2D eigenvalue weighted by atomic mass is 10.0. The van der Waals surface area contributed by atoms with Crippen LogP contribution in [0.1, 0.15) is 31.7 Å². The molecule has 2 rings (SSSR count). The van der Waals surface area contributed by atoms with Crippen molar-refractivity contribution in [2.24, 2.45) is 5.92 Å². The van der Waals surface area contributed by atoms with Crippen molar-refractivity contribution in [3.05, 3.63) is 54.1 Å². The van der Waals surface area contributed by atoms with E-state index in [1.807, 2.05) is 30.3 Å². The molecule has 2 aromatic carbocycles. The van der Waals surface area contributed by atoms with Gasteiger partial charge in [-0.25, -0.2) is 8.42 Å². The van der Waals surface area contributed by atoms with E-state index in [0.29, 0.717) is 17.9 Å². The van der Waals surface area contributed by atoms with Gasteiger partial charge in [0.05, 0.1) is 30.3 Å². The lowest BCUT2D eigenvalue weighted by Gasteiger charge is -2.22. The monoisotopic (exact) mass is 420 g/mol. The summed E-state index contributed by atoms with van der Waals surface area (Å²) in [6.07, 6.45) is 2.50. The van der Waals surface area contributed by atoms with Crippen molar-refractivity contribution in [1.82, 2.24) is 0 Å². The molecular formula is C22H28O6S. The number of sulfone groups is 1. The number of rotatable bonds is 11. The Labute approximate surface area is 172 Å². The molecule has 29 heavy (non-hydrogen) atoms. The van der Waals surface area contributed by atoms with Gasteiger partial charge in [-0.3, -0.25) is 4.79 Å². The fourth-order valence-corrected chi connectivity index (χ4v) is 5.33. The van der Waals surface area contributed by atoms with E-state index in [1.165, 1.54) is 44.9 Å². The molecule has 0 bridgehead atoms. The van der Waals surface area contributed by atoms with Gasteiger partial charge in [0.25, 0.3) is 0 Å². The predicted molar refractivity (Wildman–Crippen MR) is 111 cm³/mol. The van der Waals surface area contributed by atoms with Crippen molar-refractivity contribution < 1.29 is 27.8 Å². The normalized spacial score (nSPS) is 13.5. The summed E-state index contributed by atoms with van der Waals surface area (Å²) in [5, 5.41) is 8.45. The molecule has 1 N–H and O–H groups in total. The second-order valence-electron chi connectivity index (χ2n) is 6.96. The third-order valence-electron chi connectivity index (χ3n) is 5.08. The highest BCUT2D eigenvalue weighted by Crippen LogP contribution is 2.33. The minimum absolute atomic E-state index is 0.0382. The van der Waals surface area contributed by atoms with E-state index < -0.39 is 27.0 Å². The van der Waals surface area contributed by atoms with Crippen LogP contribution in [0.25, 0.3) is 0 Å². The van der Waals surface area contributed by atoms with Crippen LogP contribution in [0.3, 0.4) is 0 Å². The first-order valence-corrected chi connectivity index (χ1v) is 11.1. The number of benzene rings is 2. The minimum atomic E-state index is -3.86. The zero-order chi connectivity index (χ0) is 21.4. The molecule has 0 saturated carbocycles. The number of aryl methyl sites for hydroxylation is 1. The number of hydrogen-bond donors (Lipinski definition) is 1. The number of carbonyl (C=O) groups is 1. The van der Waals surface area contributed by atoms with Gasteiger partial charge in [0.1, 0.15) is 0 Å². The Kier molecular flexibility index (Phi) is 8.08. The molecule has 0 radical (unpaired) electrons. The number of hydrogen-bond acceptors (Lipinski definition) is 5. The van der Waals surface area contributed by atoms with Gasteiger partial charge in [-0.05, 0) is 37.0 Å². The van der Waals surface area contributed by atoms with Crippen LogP contribution >= 0.6 is 0 Å². The number of methoxy groups -OCH3 is 2. The van der Waals surface area contributed by atoms with Crippen LogP contribution in [0.5, 0.6) is 11.5 Å². The minimum Gasteiger partial charge on any atom is -0.493 e. The molecular weight excluding hydrogens is 392 g/mol. The predicted octanol–water partition coefficient (Wildman–Crippen LogP) is 3.98. The Morgan fingerprint density at radius 2 is 1.66 bits per heavy atom. The zero-order valence-electron chi connectivity index (χ0n) is 17.0. The summed E-state index contributed by atoms with van der Waals surface area (Å²) in [6, 6.07) is 14.3. The summed E-state index contributed by atoms with van der Waals surface area (Å²) in [7, 11) is -0.972. The number of unbranched alkanes of at least 4 members (excludes halogenated alkanes) is 1. The third kappa shape index (κ3) is 5.73. The van der Waals surface area contributed by atoms with E-state index in [0.717, 1.165) is 12.8 Å². The standard InChI is InChI=1S/C22H28O6S/c1-16(22(23)24)21(12-8-7-11-17-9-5-4-6-10-17)29(25,26)18-13-14-19(27-2)20(15-18)28-3/h4-6,9-10,13-16,21H,7-8,11-12H2,1-3H3,(H,23,24)/t16-,21-/m1/s1. The summed E-state index contributed by atoms with van der Waals surface area (Å²) < 4.78 is 36.9. The van der Waals surface area contributed by atoms with Crippen molar-refractivity contribution in [3.63, 3.8) is 0 Å². The van der Waals surface area contributed by atoms with Crippen LogP contribution in [-0.2, 0) is 21.1 Å². The second kappa shape index (κ2) is 10.3. The molecule has 0 saturated heterocycles. The molecule has 7 heteroatoms. The number of ether oxygens (including phenoxy) is 2. The SMILES string of the molecule is COc1ccc(S(=O)(=O)[C@H](CCCCc2ccccc2)[C@@H](C)C(=O)O)cc1OC. The van der Waals surface area contributed by atoms with Gasteiger partial charge in [0.2, 0.25) is 0 Å². The summed E-state index contributed by atoms with van der Waals surface area (Å²) in [4.78, 5) is 11.6. The largest absolute Gasteiger partial charge is 0.493 e. The van der Waals surface area contributed by atoms with E-state index in [-0.39, 0.29) is 11.3 Å². The van der Waals surface area contributed by atoms with Gasteiger partial charge in [-0.2, -0.15) is 0 Å². The topological polar surface area (TPSA) is 89.9 Å². The van der Waals surface area contributed by atoms with Gasteiger partial charge in [0, 0.05) is 6.07 Å². The van der Waals surface area contributed by atoms with Gasteiger partial charge in [0.15, 0.2) is 21.3 Å². The summed E-state index contributed by atoms with van der Waals surface area (Å²) >= 11 is 0. The Morgan fingerprint density at radius 1 is 1.00 bits per heavy atom. The van der Waals surface area contributed by atoms with Gasteiger partial charge in [-0.1, -0.05) is 43.7 Å². The zero-order valence-corrected chi connectivity index (χ0v) is 17.8. The maximum absolute atomic E-state index is 13.3. The fourth-order valence-electron chi connectivity index (χ4n) is 3.32. The molecule has 0 spiro atoms. The van der Waals surface area contributed by atoms with Crippen molar-refractivity contribution in [3.8, 4) is 11.5 Å². The first kappa shape index (κ1) is 22.7. The molecule has 0 amide bonds. The number of carboxylic acid groups (broad SMARTS) is 1. The summed E-state index contributed by atoms with van der Waals surface area (Å²) in [5.41, 5.74) is 1.18. The lowest BCUT2D eigenvalue weighted by Crippen LogP contribution is -2.33. The maximum Gasteiger partial charge on any atom is 0.307 e. The van der Waals surface area contributed by atoms with E-state index in [9.17, 15) is 18.3 Å². The van der Waals surface area contributed by atoms with Gasteiger partial charge in [-0.15, -0.1) is 0 Å². The van der Waals surface area contributed by atoms with Crippen LogP contribution in [0.2, 0.25) is 0 Å². The smallest absolute Gasteiger partial charge is 0.307 e. The molecule has 0 aromatic heterocycles. The molecule has 0 aliphatic rings. The van der Waals surface area contributed by atoms with Crippen molar-refractivity contribution in [1.29, 1.82) is 0 Å². The van der Waals surface area contributed by atoms with Crippen LogP contribution < -0.4 is 9.47 Å². The molecule has 6 nitrogen and oxygen atoms in total. The molecule has 0 fully saturated rings. The van der Waals surface area contributed by atoms with E-state index >= 15 is 0 Å². The Bertz CT molecular complexity index is 908. The highest BCUT2D eigenvalue weighted by Gasteiger charge is 2.36. The van der Waals surface area contributed by atoms with E-state index in [1.54, 1.807) is 0 Å². The Balaban J connectivity index is 2.20. The fraction of sp³-hybridized carbons (Fsp3) is 0.409. The Hall–Kier alpha value is -2.54. The van der Waals surface area contributed by atoms with Crippen molar-refractivity contribution in [2.45, 2.75) is 42.8 Å². The highest BCUT2D eigenvalue weighted by molar-refractivity contribution is 7.92. The number of aliphatic carboxylic acids is 1. The molecule has 2 atom stereocenters. The van der Waals surface area contributed by atoms with Crippen LogP contribution in [0.4, 0.5) is 0 Å². The molecule has 0 heterocycles. The molecule has 0 unspecified atom stereocenters. The van der Waals surface area contributed by atoms with Crippen LogP contribution in [0, 0.1) is 5.92 Å². The first-order chi connectivity index (χ1) is 13.8. The van der Waals surface area contributed by atoms with Gasteiger partial charge >= 0.3 is 5.97 Å². The second-order valence-corrected chi connectivity index (χ2v) is 9.13. The van der Waals surface area contributed by atoms with Crippen molar-refractivity contribution in [2.75, 3.05) is 14.2 Å². The molecule has 158 valence electrons. The lowest BCUT2D eigenvalue weighted by molar-refractivity contribution is -0.141. The van der Waals surface area contributed by atoms with Gasteiger partial charge < -0.3 is 14.6 Å². The molecule has 2 aromatic rings. The van der Waals surface area contributed by atoms with E-state index in [2.05, 4.69) is 0 Å². The Morgan fingerprint density at radius 3 is 2.24 bits per heavy atom. The summed E-state index contributed by atoms with van der Waals surface area (Å²) in [5.74, 6) is -1.44. The third-order valence-corrected chi connectivity index (χ3v) is 7.43. The average Bonchev–Trinajstić information content (AvgIpc) is 2.73. The first-order valence-electron chi connectivity index (χ1n) is 9.54. The molecule has 0 aliphatic heterocycles. The quantitative estimate of drug-likeness (QED) is 0.553. The maximum atomic E-state index is 13.3. The van der Waals surface area contributed by atoms with Crippen LogP contribution in [-0.4, -0.2) is 39.0 Å². The van der Waals surface area contributed by atoms with E-state index in [4.69, 9.17) is 9.47 Å². The average molecular weight is 421 g/mol. The molecule has 0 aliphatic carbocycles. The van der Waals surface area contributed by atoms with Crippen molar-refractivity contribution >= 4 is 15.8 Å². The van der Waals surface area contributed by atoms with Crippen LogP contribution in [0.15, 0.2) is 53.4 Å².